The number of nitrogens with zero attached hydrogens (tertiary/aromatic N) is 2. The first-order valence-corrected chi connectivity index (χ1v) is 7.74. The Morgan fingerprint density at radius 2 is 2.13 bits per heavy atom. The lowest BCUT2D eigenvalue weighted by molar-refractivity contribution is 0.0777. The van der Waals surface area contributed by atoms with Gasteiger partial charge < -0.3 is 14.2 Å². The number of ether oxygens (including phenoxy) is 1. The van der Waals surface area contributed by atoms with Crippen LogP contribution in [0.3, 0.4) is 0 Å². The summed E-state index contributed by atoms with van der Waals surface area (Å²) in [7, 11) is 1.73. The third-order valence-electron chi connectivity index (χ3n) is 3.79. The lowest BCUT2D eigenvalue weighted by Crippen LogP contribution is -2.28. The van der Waals surface area contributed by atoms with Gasteiger partial charge in [0.1, 0.15) is 17.3 Å². The molecule has 0 aliphatic heterocycles. The summed E-state index contributed by atoms with van der Waals surface area (Å²) in [6, 6.07) is 7.61. The van der Waals surface area contributed by atoms with Gasteiger partial charge in [-0.15, -0.1) is 0 Å². The molecule has 1 aromatic heterocycles. The Balaban J connectivity index is 1.42. The normalized spacial score (nSPS) is 13.8. The Bertz CT molecular complexity index is 665. The highest BCUT2D eigenvalue weighted by atomic mass is 19.1. The van der Waals surface area contributed by atoms with Gasteiger partial charge in [0.2, 0.25) is 0 Å². The van der Waals surface area contributed by atoms with Gasteiger partial charge in [-0.1, -0.05) is 5.16 Å². The number of carbonyl (C=O) groups is 1. The molecule has 2 aromatic rings. The second-order valence-corrected chi connectivity index (χ2v) is 5.77. The number of hydrogen-bond donors (Lipinski definition) is 0. The number of hydrogen-bond acceptors (Lipinski definition) is 4. The van der Waals surface area contributed by atoms with Gasteiger partial charge >= 0.3 is 0 Å². The van der Waals surface area contributed by atoms with E-state index < -0.39 is 0 Å². The van der Waals surface area contributed by atoms with E-state index in [1.807, 2.05) is 0 Å². The number of halogens is 1. The molecule has 1 saturated carbocycles. The average Bonchev–Trinajstić information content (AvgIpc) is 3.29. The van der Waals surface area contributed by atoms with Crippen LogP contribution in [0.4, 0.5) is 4.39 Å². The molecule has 122 valence electrons. The van der Waals surface area contributed by atoms with Crippen molar-refractivity contribution < 1.29 is 18.4 Å². The first-order valence-electron chi connectivity index (χ1n) is 7.74. The maximum Gasteiger partial charge on any atom is 0.275 e. The van der Waals surface area contributed by atoms with Gasteiger partial charge in [-0.3, -0.25) is 4.79 Å². The standard InChI is InChI=1S/C17H19FN2O3/c1-20(9-2-10-22-14-7-5-13(18)6-8-14)17(21)15-11-16(23-19-15)12-3-4-12/h5-8,11-12H,2-4,9-10H2,1H3. The predicted molar refractivity (Wildman–Crippen MR) is 82.0 cm³/mol. The molecule has 1 fully saturated rings. The molecule has 0 spiro atoms. The molecule has 1 aliphatic rings. The zero-order valence-electron chi connectivity index (χ0n) is 13.0. The zero-order chi connectivity index (χ0) is 16.2. The number of amides is 1. The van der Waals surface area contributed by atoms with Crippen LogP contribution in [-0.2, 0) is 0 Å². The predicted octanol–water partition coefficient (Wildman–Crippen LogP) is 3.23. The fraction of sp³-hybridized carbons (Fsp3) is 0.412. The lowest BCUT2D eigenvalue weighted by Gasteiger charge is -2.15. The van der Waals surface area contributed by atoms with Crippen molar-refractivity contribution in [3.8, 4) is 5.75 Å². The Labute approximate surface area is 134 Å². The van der Waals surface area contributed by atoms with Crippen LogP contribution in [0.2, 0.25) is 0 Å². The van der Waals surface area contributed by atoms with Crippen molar-refractivity contribution in [1.29, 1.82) is 0 Å². The molecule has 0 radical (unpaired) electrons. The number of benzene rings is 1. The lowest BCUT2D eigenvalue weighted by atomic mass is 10.2. The zero-order valence-corrected chi connectivity index (χ0v) is 13.0. The highest BCUT2D eigenvalue weighted by Crippen LogP contribution is 2.40. The molecule has 23 heavy (non-hydrogen) atoms. The van der Waals surface area contributed by atoms with E-state index in [-0.39, 0.29) is 11.7 Å². The van der Waals surface area contributed by atoms with Gasteiger partial charge in [0, 0.05) is 25.6 Å². The maximum atomic E-state index is 12.8. The van der Waals surface area contributed by atoms with Crippen LogP contribution in [0.5, 0.6) is 5.75 Å². The number of aromatic nitrogens is 1. The summed E-state index contributed by atoms with van der Waals surface area (Å²) in [6.45, 7) is 1.00. The SMILES string of the molecule is CN(CCCOc1ccc(F)cc1)C(=O)c1cc(C2CC2)on1. The Morgan fingerprint density at radius 3 is 2.83 bits per heavy atom. The van der Waals surface area contributed by atoms with E-state index in [2.05, 4.69) is 5.16 Å². The highest BCUT2D eigenvalue weighted by Gasteiger charge is 2.29. The summed E-state index contributed by atoms with van der Waals surface area (Å²) in [4.78, 5) is 13.8. The molecular formula is C17H19FN2O3. The molecular weight excluding hydrogens is 299 g/mol. The highest BCUT2D eigenvalue weighted by molar-refractivity contribution is 5.92. The molecule has 1 heterocycles. The van der Waals surface area contributed by atoms with E-state index in [0.29, 0.717) is 36.9 Å². The van der Waals surface area contributed by atoms with Crippen LogP contribution < -0.4 is 4.74 Å². The van der Waals surface area contributed by atoms with E-state index in [4.69, 9.17) is 9.26 Å². The van der Waals surface area contributed by atoms with Crippen LogP contribution >= 0.6 is 0 Å². The third kappa shape index (κ3) is 4.09. The van der Waals surface area contributed by atoms with Gasteiger partial charge in [-0.05, 0) is 43.5 Å². The van der Waals surface area contributed by atoms with Crippen molar-refractivity contribution in [3.05, 3.63) is 47.6 Å². The van der Waals surface area contributed by atoms with Crippen LogP contribution in [0.25, 0.3) is 0 Å². The van der Waals surface area contributed by atoms with Crippen LogP contribution in [0.1, 0.15) is 41.4 Å². The minimum Gasteiger partial charge on any atom is -0.494 e. The van der Waals surface area contributed by atoms with E-state index in [1.54, 1.807) is 30.1 Å². The first kappa shape index (κ1) is 15.5. The van der Waals surface area contributed by atoms with Crippen molar-refractivity contribution in [1.82, 2.24) is 10.1 Å². The molecule has 0 atom stereocenters. The van der Waals surface area contributed by atoms with Crippen molar-refractivity contribution >= 4 is 5.91 Å². The fourth-order valence-corrected chi connectivity index (χ4v) is 2.27. The molecule has 1 aliphatic carbocycles. The van der Waals surface area contributed by atoms with Crippen molar-refractivity contribution in [3.63, 3.8) is 0 Å². The number of carbonyl (C=O) groups excluding carboxylic acids is 1. The topological polar surface area (TPSA) is 55.6 Å². The second-order valence-electron chi connectivity index (χ2n) is 5.77. The van der Waals surface area contributed by atoms with Crippen molar-refractivity contribution in [2.75, 3.05) is 20.2 Å². The summed E-state index contributed by atoms with van der Waals surface area (Å²) >= 11 is 0. The minimum absolute atomic E-state index is 0.151. The van der Waals surface area contributed by atoms with Crippen molar-refractivity contribution in [2.24, 2.45) is 0 Å². The van der Waals surface area contributed by atoms with E-state index in [9.17, 15) is 9.18 Å². The monoisotopic (exact) mass is 318 g/mol. The largest absolute Gasteiger partial charge is 0.494 e. The van der Waals surface area contributed by atoms with Crippen LogP contribution in [-0.4, -0.2) is 36.2 Å². The number of rotatable bonds is 7. The van der Waals surface area contributed by atoms with Gasteiger partial charge in [0.15, 0.2) is 5.69 Å². The maximum absolute atomic E-state index is 12.8. The quantitative estimate of drug-likeness (QED) is 0.736. The molecule has 5 nitrogen and oxygen atoms in total. The Morgan fingerprint density at radius 1 is 1.39 bits per heavy atom. The molecule has 3 rings (SSSR count). The molecule has 1 aromatic carbocycles. The summed E-state index contributed by atoms with van der Waals surface area (Å²) < 4.78 is 23.5. The molecule has 0 saturated heterocycles. The smallest absolute Gasteiger partial charge is 0.275 e. The summed E-state index contributed by atoms with van der Waals surface area (Å²) in [5.74, 6) is 1.43. The molecule has 0 unspecified atom stereocenters. The van der Waals surface area contributed by atoms with Gasteiger partial charge in [-0.2, -0.15) is 0 Å². The van der Waals surface area contributed by atoms with Gasteiger partial charge in [0.25, 0.3) is 5.91 Å². The van der Waals surface area contributed by atoms with E-state index in [1.165, 1.54) is 12.1 Å². The molecule has 6 heteroatoms. The van der Waals surface area contributed by atoms with Crippen LogP contribution in [0.15, 0.2) is 34.9 Å². The molecule has 0 N–H and O–H groups in total. The summed E-state index contributed by atoms with van der Waals surface area (Å²) in [5, 5.41) is 3.85. The molecule has 0 bridgehead atoms. The Hall–Kier alpha value is -2.37. The fourth-order valence-electron chi connectivity index (χ4n) is 2.27. The van der Waals surface area contributed by atoms with E-state index in [0.717, 1.165) is 18.6 Å². The summed E-state index contributed by atoms with van der Waals surface area (Å²) in [5.41, 5.74) is 0.355. The third-order valence-corrected chi connectivity index (χ3v) is 3.79. The van der Waals surface area contributed by atoms with E-state index >= 15 is 0 Å². The summed E-state index contributed by atoms with van der Waals surface area (Å²) in [6.07, 6.45) is 2.89. The van der Waals surface area contributed by atoms with Crippen LogP contribution in [0, 0.1) is 5.82 Å². The first-order chi connectivity index (χ1) is 11.1. The second kappa shape index (κ2) is 6.81. The van der Waals surface area contributed by atoms with Crippen molar-refractivity contribution in [2.45, 2.75) is 25.2 Å². The van der Waals surface area contributed by atoms with Gasteiger partial charge in [0.05, 0.1) is 6.61 Å². The minimum atomic E-state index is -0.291. The average molecular weight is 318 g/mol. The Kier molecular flexibility index (Phi) is 4.60. The molecule has 1 amide bonds. The van der Waals surface area contributed by atoms with Gasteiger partial charge in [-0.25, -0.2) is 4.39 Å².